The smallest absolute Gasteiger partial charge is 0.251 e. The molecule has 0 fully saturated rings. The van der Waals surface area contributed by atoms with Gasteiger partial charge in [-0.15, -0.1) is 0 Å². The molecule has 2 N–H and O–H groups in total. The lowest BCUT2D eigenvalue weighted by molar-refractivity contribution is 0.0953. The molecule has 7 heteroatoms. The summed E-state index contributed by atoms with van der Waals surface area (Å²) < 4.78 is 15.9. The Bertz CT molecular complexity index is 943. The van der Waals surface area contributed by atoms with Gasteiger partial charge in [0.1, 0.15) is 0 Å². The predicted molar refractivity (Wildman–Crippen MR) is 105 cm³/mol. The molecule has 6 nitrogen and oxygen atoms in total. The first kappa shape index (κ1) is 18.9. The van der Waals surface area contributed by atoms with Crippen LogP contribution in [0.3, 0.4) is 0 Å². The third-order valence-corrected chi connectivity index (χ3v) is 4.57. The van der Waals surface area contributed by atoms with Crippen LogP contribution in [0.1, 0.15) is 15.9 Å². The molecule has 0 saturated carbocycles. The number of carbonyl (C=O) groups is 1. The van der Waals surface area contributed by atoms with Gasteiger partial charge in [0.15, 0.2) is 11.5 Å². The van der Waals surface area contributed by atoms with Crippen LogP contribution in [0.5, 0.6) is 17.2 Å². The minimum absolute atomic E-state index is 0.216. The maximum absolute atomic E-state index is 12.5. The molecule has 1 amide bonds. The molecule has 0 radical (unpaired) electrons. The highest BCUT2D eigenvalue weighted by molar-refractivity contribution is 6.31. The summed E-state index contributed by atoms with van der Waals surface area (Å²) in [6.45, 7) is 0.481. The molecule has 142 valence electrons. The normalized spacial score (nSPS) is 10.7. The molecule has 0 atom stereocenters. The van der Waals surface area contributed by atoms with E-state index in [4.69, 9.17) is 25.8 Å². The van der Waals surface area contributed by atoms with E-state index in [2.05, 4.69) is 10.3 Å². The molecule has 0 saturated heterocycles. The molecule has 0 aliphatic rings. The Morgan fingerprint density at radius 3 is 2.41 bits per heavy atom. The highest BCUT2D eigenvalue weighted by Crippen LogP contribution is 2.38. The molecule has 1 aromatic heterocycles. The largest absolute Gasteiger partial charge is 0.493 e. The molecule has 2 aromatic carbocycles. The van der Waals surface area contributed by atoms with Crippen LogP contribution < -0.4 is 19.5 Å². The van der Waals surface area contributed by atoms with Gasteiger partial charge < -0.3 is 24.5 Å². The van der Waals surface area contributed by atoms with Crippen LogP contribution in [-0.2, 0) is 6.42 Å². The average molecular weight is 389 g/mol. The SMILES string of the molecule is COc1cc(C(=O)NCCc2c[nH]c3ccc(Cl)cc23)cc(OC)c1OC. The molecule has 3 rings (SSSR count). The van der Waals surface area contributed by atoms with Gasteiger partial charge >= 0.3 is 0 Å². The Labute approximate surface area is 162 Å². The van der Waals surface area contributed by atoms with E-state index in [9.17, 15) is 4.79 Å². The maximum atomic E-state index is 12.5. The van der Waals surface area contributed by atoms with E-state index in [0.29, 0.717) is 40.8 Å². The number of fused-ring (bicyclic) bond motifs is 1. The van der Waals surface area contributed by atoms with E-state index in [1.807, 2.05) is 24.4 Å². The lowest BCUT2D eigenvalue weighted by Gasteiger charge is -2.14. The second-order valence-electron chi connectivity index (χ2n) is 5.92. The highest BCUT2D eigenvalue weighted by Gasteiger charge is 2.17. The number of nitrogens with one attached hydrogen (secondary N) is 2. The molecule has 27 heavy (non-hydrogen) atoms. The van der Waals surface area contributed by atoms with Crippen molar-refractivity contribution in [3.63, 3.8) is 0 Å². The quantitative estimate of drug-likeness (QED) is 0.645. The number of ether oxygens (including phenoxy) is 3. The molecule has 0 bridgehead atoms. The van der Waals surface area contributed by atoms with Crippen LogP contribution in [0.15, 0.2) is 36.5 Å². The number of hydrogen-bond donors (Lipinski definition) is 2. The van der Waals surface area contributed by atoms with Gasteiger partial charge in [-0.3, -0.25) is 4.79 Å². The van der Waals surface area contributed by atoms with Gasteiger partial charge in [0.05, 0.1) is 21.3 Å². The second kappa shape index (κ2) is 8.22. The molecule has 3 aromatic rings. The standard InChI is InChI=1S/C20H21ClN2O4/c1-25-17-8-13(9-18(26-2)19(17)27-3)20(24)22-7-6-12-11-23-16-5-4-14(21)10-15(12)16/h4-5,8-11,23H,6-7H2,1-3H3,(H,22,24). The lowest BCUT2D eigenvalue weighted by Crippen LogP contribution is -2.25. The minimum Gasteiger partial charge on any atom is -0.493 e. The Balaban J connectivity index is 1.71. The number of methoxy groups -OCH3 is 3. The van der Waals surface area contributed by atoms with E-state index in [1.165, 1.54) is 21.3 Å². The van der Waals surface area contributed by atoms with Gasteiger partial charge in [-0.2, -0.15) is 0 Å². The summed E-state index contributed by atoms with van der Waals surface area (Å²) >= 11 is 6.08. The zero-order valence-electron chi connectivity index (χ0n) is 15.4. The molecule has 1 heterocycles. The average Bonchev–Trinajstić information content (AvgIpc) is 3.08. The fourth-order valence-electron chi connectivity index (χ4n) is 2.98. The molecule has 0 aliphatic carbocycles. The fourth-order valence-corrected chi connectivity index (χ4v) is 3.15. The molecular weight excluding hydrogens is 368 g/mol. The summed E-state index contributed by atoms with van der Waals surface area (Å²) in [4.78, 5) is 15.7. The first-order valence-corrected chi connectivity index (χ1v) is 8.79. The number of aromatic amines is 1. The second-order valence-corrected chi connectivity index (χ2v) is 6.36. The van der Waals surface area contributed by atoms with Crippen LogP contribution in [0.2, 0.25) is 5.02 Å². The van der Waals surface area contributed by atoms with Crippen molar-refractivity contribution in [2.45, 2.75) is 6.42 Å². The number of H-pyrrole nitrogens is 1. The fraction of sp³-hybridized carbons (Fsp3) is 0.250. The lowest BCUT2D eigenvalue weighted by atomic mass is 10.1. The Kier molecular flexibility index (Phi) is 5.76. The van der Waals surface area contributed by atoms with Crippen molar-refractivity contribution in [2.24, 2.45) is 0 Å². The van der Waals surface area contributed by atoms with Crippen LogP contribution >= 0.6 is 11.6 Å². The summed E-state index contributed by atoms with van der Waals surface area (Å²) in [5.74, 6) is 1.11. The summed E-state index contributed by atoms with van der Waals surface area (Å²) in [6.07, 6.45) is 2.61. The van der Waals surface area contributed by atoms with Gasteiger partial charge in [-0.1, -0.05) is 11.6 Å². The monoisotopic (exact) mass is 388 g/mol. The zero-order chi connectivity index (χ0) is 19.4. The van der Waals surface area contributed by atoms with Gasteiger partial charge in [0, 0.05) is 34.2 Å². The van der Waals surface area contributed by atoms with Crippen molar-refractivity contribution in [2.75, 3.05) is 27.9 Å². The van der Waals surface area contributed by atoms with Crippen LogP contribution in [-0.4, -0.2) is 38.8 Å². The van der Waals surface area contributed by atoms with E-state index in [0.717, 1.165) is 16.5 Å². The predicted octanol–water partition coefficient (Wildman–Crippen LogP) is 3.82. The first-order chi connectivity index (χ1) is 13.1. The number of carbonyl (C=O) groups excluding carboxylic acids is 1. The van der Waals surface area contributed by atoms with E-state index >= 15 is 0 Å². The van der Waals surface area contributed by atoms with Crippen molar-refractivity contribution >= 4 is 28.4 Å². The van der Waals surface area contributed by atoms with Crippen molar-refractivity contribution < 1.29 is 19.0 Å². The van der Waals surface area contributed by atoms with E-state index in [-0.39, 0.29) is 5.91 Å². The minimum atomic E-state index is -0.216. The van der Waals surface area contributed by atoms with Crippen molar-refractivity contribution in [3.05, 3.63) is 52.7 Å². The molecule has 0 aliphatic heterocycles. The number of amides is 1. The zero-order valence-corrected chi connectivity index (χ0v) is 16.1. The Morgan fingerprint density at radius 1 is 1.07 bits per heavy atom. The van der Waals surface area contributed by atoms with Crippen LogP contribution in [0, 0.1) is 0 Å². The van der Waals surface area contributed by atoms with Gasteiger partial charge in [-0.25, -0.2) is 0 Å². The number of halogens is 1. The number of benzene rings is 2. The van der Waals surface area contributed by atoms with E-state index < -0.39 is 0 Å². The summed E-state index contributed by atoms with van der Waals surface area (Å²) in [6, 6.07) is 8.96. The third-order valence-electron chi connectivity index (χ3n) is 4.34. The summed E-state index contributed by atoms with van der Waals surface area (Å²) in [5, 5.41) is 4.66. The third kappa shape index (κ3) is 3.95. The first-order valence-electron chi connectivity index (χ1n) is 8.41. The van der Waals surface area contributed by atoms with Crippen molar-refractivity contribution in [1.29, 1.82) is 0 Å². The van der Waals surface area contributed by atoms with Gasteiger partial charge in [-0.05, 0) is 42.3 Å². The van der Waals surface area contributed by atoms with Crippen LogP contribution in [0.25, 0.3) is 10.9 Å². The molecule has 0 unspecified atom stereocenters. The molecular formula is C20H21ClN2O4. The highest BCUT2D eigenvalue weighted by atomic mass is 35.5. The Morgan fingerprint density at radius 2 is 1.78 bits per heavy atom. The van der Waals surface area contributed by atoms with Gasteiger partial charge in [0.2, 0.25) is 5.75 Å². The summed E-state index contributed by atoms with van der Waals surface area (Å²) in [5.41, 5.74) is 2.55. The topological polar surface area (TPSA) is 72.6 Å². The number of hydrogen-bond acceptors (Lipinski definition) is 4. The van der Waals surface area contributed by atoms with Gasteiger partial charge in [0.25, 0.3) is 5.91 Å². The maximum Gasteiger partial charge on any atom is 0.251 e. The summed E-state index contributed by atoms with van der Waals surface area (Å²) in [7, 11) is 4.55. The molecule has 0 spiro atoms. The van der Waals surface area contributed by atoms with Crippen molar-refractivity contribution in [3.8, 4) is 17.2 Å². The Hall–Kier alpha value is -2.86. The van der Waals surface area contributed by atoms with Crippen LogP contribution in [0.4, 0.5) is 0 Å². The number of rotatable bonds is 7. The van der Waals surface area contributed by atoms with E-state index in [1.54, 1.807) is 12.1 Å². The number of aromatic nitrogens is 1. The van der Waals surface area contributed by atoms with Crippen molar-refractivity contribution in [1.82, 2.24) is 10.3 Å².